The molecule has 3 N–H and O–H groups in total. The third kappa shape index (κ3) is 8.78. The van der Waals surface area contributed by atoms with Crippen molar-refractivity contribution in [1.82, 2.24) is 0 Å². The fraction of sp³-hybridized carbons (Fsp3) is 1.00. The number of hydrogen-bond acceptors (Lipinski definition) is 2. The molecular weight excluding hydrogens is 164 g/mol. The van der Waals surface area contributed by atoms with Gasteiger partial charge in [-0.2, -0.15) is 0 Å². The minimum Gasteiger partial charge on any atom is -0.382 e. The lowest BCUT2D eigenvalue weighted by molar-refractivity contribution is 0.213. The number of nitrogens with two attached hydrogens (primary N) is 1. The van der Waals surface area contributed by atoms with Crippen LogP contribution in [0.3, 0.4) is 0 Å². The van der Waals surface area contributed by atoms with E-state index >= 15 is 0 Å². The van der Waals surface area contributed by atoms with E-state index in [1.54, 1.807) is 0 Å². The second-order valence-electron chi connectivity index (χ2n) is 2.59. The Balaban J connectivity index is 3.04. The standard InChI is InChI=1S/C6H17NOP2/c7-5-3-1-2-4-6(8,9)10/h8H,1-5,7,9-10H2. The molecule has 0 fully saturated rings. The average molecular weight is 181 g/mol. The number of unbranched alkanes of at least 4 members (excludes halogenated alkanes) is 2. The van der Waals surface area contributed by atoms with Crippen LogP contribution < -0.4 is 5.73 Å². The molecule has 0 saturated carbocycles. The van der Waals surface area contributed by atoms with E-state index in [9.17, 15) is 5.11 Å². The Hall–Kier alpha value is 0.780. The molecule has 0 aromatic carbocycles. The third-order valence-corrected chi connectivity index (χ3v) is 1.86. The SMILES string of the molecule is NCCCCCC(O)(P)P. The van der Waals surface area contributed by atoms with Crippen LogP contribution in [0.5, 0.6) is 0 Å². The molecule has 2 nitrogen and oxygen atoms in total. The first-order valence-corrected chi connectivity index (χ1v) is 4.72. The van der Waals surface area contributed by atoms with E-state index < -0.39 is 5.08 Å². The fourth-order valence-electron chi connectivity index (χ4n) is 0.729. The summed E-state index contributed by atoms with van der Waals surface area (Å²) < 4.78 is 0. The second kappa shape index (κ2) is 5.43. The van der Waals surface area contributed by atoms with Crippen LogP contribution in [0.2, 0.25) is 0 Å². The highest BCUT2D eigenvalue weighted by Gasteiger charge is 2.10. The molecule has 0 radical (unpaired) electrons. The number of aliphatic hydroxyl groups is 1. The van der Waals surface area contributed by atoms with Gasteiger partial charge in [-0.3, -0.25) is 0 Å². The van der Waals surface area contributed by atoms with Crippen molar-refractivity contribution in [1.29, 1.82) is 0 Å². The van der Waals surface area contributed by atoms with Crippen molar-refractivity contribution in [2.24, 2.45) is 5.73 Å². The molecule has 0 saturated heterocycles. The van der Waals surface area contributed by atoms with E-state index in [1.165, 1.54) is 0 Å². The Morgan fingerprint density at radius 2 is 1.80 bits per heavy atom. The predicted octanol–water partition coefficient (Wildman–Crippen LogP) is 0.902. The van der Waals surface area contributed by atoms with Gasteiger partial charge >= 0.3 is 0 Å². The zero-order chi connectivity index (χ0) is 8.04. The topological polar surface area (TPSA) is 46.2 Å². The number of rotatable bonds is 5. The van der Waals surface area contributed by atoms with Crippen LogP contribution in [0.1, 0.15) is 25.7 Å². The molecule has 62 valence electrons. The maximum Gasteiger partial charge on any atom is 0.0905 e. The van der Waals surface area contributed by atoms with Gasteiger partial charge in [-0.05, 0) is 25.8 Å². The van der Waals surface area contributed by atoms with Crippen LogP contribution in [-0.4, -0.2) is 16.7 Å². The van der Waals surface area contributed by atoms with E-state index in [1.807, 2.05) is 0 Å². The quantitative estimate of drug-likeness (QED) is 0.489. The van der Waals surface area contributed by atoms with Gasteiger partial charge in [0.2, 0.25) is 0 Å². The summed E-state index contributed by atoms with van der Waals surface area (Å²) in [6.07, 6.45) is 4.02. The first kappa shape index (κ1) is 10.8. The normalized spacial score (nSPS) is 12.0. The summed E-state index contributed by atoms with van der Waals surface area (Å²) in [5.41, 5.74) is 5.31. The van der Waals surface area contributed by atoms with Crippen molar-refractivity contribution in [3.63, 3.8) is 0 Å². The highest BCUT2D eigenvalue weighted by atomic mass is 31.1. The summed E-state index contributed by atoms with van der Waals surface area (Å²) in [4.78, 5) is 0. The minimum atomic E-state index is -0.658. The molecule has 0 aliphatic heterocycles. The Bertz CT molecular complexity index is 82.3. The van der Waals surface area contributed by atoms with Gasteiger partial charge < -0.3 is 10.8 Å². The first-order valence-electron chi connectivity index (χ1n) is 3.56. The molecule has 0 amide bonds. The molecule has 0 bridgehead atoms. The van der Waals surface area contributed by atoms with Gasteiger partial charge in [0.25, 0.3) is 0 Å². The Kier molecular flexibility index (Phi) is 5.86. The molecule has 0 spiro atoms. The monoisotopic (exact) mass is 181 g/mol. The molecule has 2 atom stereocenters. The summed E-state index contributed by atoms with van der Waals surface area (Å²) in [5.74, 6) is 0. The van der Waals surface area contributed by atoms with E-state index in [4.69, 9.17) is 5.73 Å². The summed E-state index contributed by atoms with van der Waals surface area (Å²) in [5, 5.41) is 8.55. The van der Waals surface area contributed by atoms with Crippen LogP contribution in [0.25, 0.3) is 0 Å². The lowest BCUT2D eigenvalue weighted by Crippen LogP contribution is -2.08. The van der Waals surface area contributed by atoms with Gasteiger partial charge in [-0.1, -0.05) is 24.9 Å². The van der Waals surface area contributed by atoms with Gasteiger partial charge in [-0.15, -0.1) is 0 Å². The summed E-state index contributed by atoms with van der Waals surface area (Å²) >= 11 is 0. The van der Waals surface area contributed by atoms with Crippen LogP contribution >= 0.6 is 18.5 Å². The van der Waals surface area contributed by atoms with Gasteiger partial charge in [0.15, 0.2) is 0 Å². The minimum absolute atomic E-state index is 0.658. The highest BCUT2D eigenvalue weighted by Crippen LogP contribution is 2.28. The molecule has 0 heterocycles. The number of hydrogen-bond donors (Lipinski definition) is 2. The van der Waals surface area contributed by atoms with Crippen LogP contribution in [0.15, 0.2) is 0 Å². The maximum atomic E-state index is 9.21. The van der Waals surface area contributed by atoms with Gasteiger partial charge in [-0.25, -0.2) is 0 Å². The lowest BCUT2D eigenvalue weighted by atomic mass is 10.2. The molecule has 0 aromatic heterocycles. The van der Waals surface area contributed by atoms with E-state index in [0.29, 0.717) is 0 Å². The smallest absolute Gasteiger partial charge is 0.0905 e. The molecule has 0 aromatic rings. The molecule has 0 aliphatic carbocycles. The van der Waals surface area contributed by atoms with Crippen molar-refractivity contribution in [2.45, 2.75) is 30.8 Å². The van der Waals surface area contributed by atoms with Crippen LogP contribution in [0, 0.1) is 0 Å². The predicted molar refractivity (Wildman–Crippen MR) is 51.9 cm³/mol. The van der Waals surface area contributed by atoms with Crippen molar-refractivity contribution in [3.8, 4) is 0 Å². The first-order chi connectivity index (χ1) is 4.56. The average Bonchev–Trinajstić information content (AvgIpc) is 1.78. The van der Waals surface area contributed by atoms with Crippen molar-refractivity contribution < 1.29 is 5.11 Å². The van der Waals surface area contributed by atoms with Crippen LogP contribution in [-0.2, 0) is 0 Å². The van der Waals surface area contributed by atoms with Crippen molar-refractivity contribution in [3.05, 3.63) is 0 Å². The molecule has 10 heavy (non-hydrogen) atoms. The Morgan fingerprint density at radius 3 is 2.20 bits per heavy atom. The maximum absolute atomic E-state index is 9.21. The zero-order valence-corrected chi connectivity index (χ0v) is 8.52. The molecular formula is C6H17NOP2. The van der Waals surface area contributed by atoms with Gasteiger partial charge in [0.05, 0.1) is 5.08 Å². The van der Waals surface area contributed by atoms with Crippen molar-refractivity contribution in [2.75, 3.05) is 6.54 Å². The van der Waals surface area contributed by atoms with E-state index in [-0.39, 0.29) is 0 Å². The van der Waals surface area contributed by atoms with Crippen LogP contribution in [0.4, 0.5) is 0 Å². The highest BCUT2D eigenvalue weighted by molar-refractivity contribution is 7.39. The summed E-state index contributed by atoms with van der Waals surface area (Å²) in [7, 11) is 4.78. The van der Waals surface area contributed by atoms with E-state index in [2.05, 4.69) is 18.5 Å². The molecule has 0 aliphatic rings. The largest absolute Gasteiger partial charge is 0.382 e. The summed E-state index contributed by atoms with van der Waals surface area (Å²) in [6, 6.07) is 0. The third-order valence-electron chi connectivity index (χ3n) is 1.28. The molecule has 2 unspecified atom stereocenters. The molecule has 4 heteroatoms. The Labute approximate surface area is 67.4 Å². The fourth-order valence-corrected chi connectivity index (χ4v) is 1.14. The summed E-state index contributed by atoms with van der Waals surface area (Å²) in [6.45, 7) is 0.756. The molecule has 0 rings (SSSR count). The van der Waals surface area contributed by atoms with Gasteiger partial charge in [0.1, 0.15) is 0 Å². The second-order valence-corrected chi connectivity index (χ2v) is 5.26. The Morgan fingerprint density at radius 1 is 1.20 bits per heavy atom. The van der Waals surface area contributed by atoms with Gasteiger partial charge in [0, 0.05) is 0 Å². The van der Waals surface area contributed by atoms with Crippen molar-refractivity contribution >= 4 is 18.5 Å². The zero-order valence-electron chi connectivity index (χ0n) is 6.21. The van der Waals surface area contributed by atoms with E-state index in [0.717, 1.165) is 32.2 Å². The lowest BCUT2D eigenvalue weighted by Gasteiger charge is -2.15.